The third kappa shape index (κ3) is 3.52. The highest BCUT2D eigenvalue weighted by Crippen LogP contribution is 2.28. The van der Waals surface area contributed by atoms with E-state index in [1.54, 1.807) is 54.7 Å². The summed E-state index contributed by atoms with van der Waals surface area (Å²) in [5.74, 6) is -0.0413. The summed E-state index contributed by atoms with van der Waals surface area (Å²) in [7, 11) is 3.46. The first kappa shape index (κ1) is 15.3. The van der Waals surface area contributed by atoms with Crippen molar-refractivity contribution in [3.05, 3.63) is 40.3 Å². The Morgan fingerprint density at radius 2 is 2.24 bits per heavy atom. The number of nitrogens with two attached hydrogens (primary N) is 1. The maximum absolute atomic E-state index is 12.0. The van der Waals surface area contributed by atoms with Gasteiger partial charge >= 0.3 is 0 Å². The van der Waals surface area contributed by atoms with E-state index in [2.05, 4.69) is 17.2 Å². The monoisotopic (exact) mass is 304 g/mol. The predicted molar refractivity (Wildman–Crippen MR) is 87.6 cm³/mol. The Balaban J connectivity index is 2.26. The lowest BCUT2D eigenvalue weighted by atomic mass is 10.1. The number of anilines is 2. The maximum Gasteiger partial charge on any atom is 0.253 e. The summed E-state index contributed by atoms with van der Waals surface area (Å²) >= 11 is 1.61. The zero-order chi connectivity index (χ0) is 15.4. The van der Waals surface area contributed by atoms with Crippen LogP contribution in [0.5, 0.6) is 0 Å². The summed E-state index contributed by atoms with van der Waals surface area (Å²) in [5, 5.41) is 6.35. The molecule has 0 aliphatic heterocycles. The molecule has 0 saturated heterocycles. The molecule has 0 radical (unpaired) electrons. The van der Waals surface area contributed by atoms with Gasteiger partial charge in [-0.3, -0.25) is 4.79 Å². The highest BCUT2D eigenvalue weighted by atomic mass is 32.1. The highest BCUT2D eigenvalue weighted by Gasteiger charge is 2.15. The van der Waals surface area contributed by atoms with Crippen LogP contribution in [0.2, 0.25) is 0 Å². The number of thiazole rings is 1. The van der Waals surface area contributed by atoms with Crippen molar-refractivity contribution in [3.8, 4) is 0 Å². The van der Waals surface area contributed by atoms with Gasteiger partial charge in [-0.25, -0.2) is 4.98 Å². The van der Waals surface area contributed by atoms with E-state index in [0.29, 0.717) is 11.3 Å². The molecule has 0 fully saturated rings. The molecule has 1 heterocycles. The second kappa shape index (κ2) is 6.58. The molecule has 21 heavy (non-hydrogen) atoms. The van der Waals surface area contributed by atoms with Gasteiger partial charge in [0.25, 0.3) is 5.91 Å². The quantitative estimate of drug-likeness (QED) is 0.833. The van der Waals surface area contributed by atoms with Crippen LogP contribution in [-0.4, -0.2) is 29.9 Å². The molecular formula is C15H20N4OS. The number of amides is 1. The third-order valence-electron chi connectivity index (χ3n) is 3.19. The minimum absolute atomic E-state index is 0.0413. The zero-order valence-electron chi connectivity index (χ0n) is 12.5. The molecule has 2 aromatic rings. The molecule has 0 aliphatic carbocycles. The number of hydrogen-bond acceptors (Lipinski definition) is 5. The SMILES string of the molecule is CCC(Nc1cc(C(=O)N(C)C)ccc1N)c1nccs1. The van der Waals surface area contributed by atoms with Crippen LogP contribution in [-0.2, 0) is 0 Å². The Kier molecular flexibility index (Phi) is 4.80. The van der Waals surface area contributed by atoms with E-state index < -0.39 is 0 Å². The standard InChI is InChI=1S/C15H20N4OS/c1-4-12(14-17-7-8-21-14)18-13-9-10(5-6-11(13)16)15(20)19(2)3/h5-9,12,18H,4,16H2,1-3H3. The van der Waals surface area contributed by atoms with Gasteiger partial charge in [0.1, 0.15) is 5.01 Å². The molecule has 1 aromatic carbocycles. The van der Waals surface area contributed by atoms with Crippen LogP contribution < -0.4 is 11.1 Å². The lowest BCUT2D eigenvalue weighted by Gasteiger charge is -2.19. The third-order valence-corrected chi connectivity index (χ3v) is 4.08. The molecule has 1 amide bonds. The summed E-state index contributed by atoms with van der Waals surface area (Å²) in [6.07, 6.45) is 2.68. The number of hydrogen-bond donors (Lipinski definition) is 2. The first-order chi connectivity index (χ1) is 10.0. The van der Waals surface area contributed by atoms with Crippen LogP contribution in [0.1, 0.15) is 34.8 Å². The minimum atomic E-state index is -0.0413. The summed E-state index contributed by atoms with van der Waals surface area (Å²) in [6.45, 7) is 2.09. The van der Waals surface area contributed by atoms with E-state index in [1.165, 1.54) is 0 Å². The van der Waals surface area contributed by atoms with Gasteiger partial charge in [-0.05, 0) is 24.6 Å². The lowest BCUT2D eigenvalue weighted by Crippen LogP contribution is -2.22. The predicted octanol–water partition coefficient (Wildman–Crippen LogP) is 2.99. The highest BCUT2D eigenvalue weighted by molar-refractivity contribution is 7.09. The normalized spacial score (nSPS) is 12.0. The van der Waals surface area contributed by atoms with Crippen LogP contribution >= 0.6 is 11.3 Å². The molecule has 0 spiro atoms. The molecule has 3 N–H and O–H groups in total. The van der Waals surface area contributed by atoms with Crippen molar-refractivity contribution >= 4 is 28.6 Å². The minimum Gasteiger partial charge on any atom is -0.397 e. The number of nitrogen functional groups attached to an aromatic ring is 1. The van der Waals surface area contributed by atoms with Gasteiger partial charge < -0.3 is 16.0 Å². The summed E-state index contributed by atoms with van der Waals surface area (Å²) < 4.78 is 0. The van der Waals surface area contributed by atoms with Crippen molar-refractivity contribution in [3.63, 3.8) is 0 Å². The number of benzene rings is 1. The van der Waals surface area contributed by atoms with Crippen molar-refractivity contribution in [2.45, 2.75) is 19.4 Å². The van der Waals surface area contributed by atoms with E-state index in [4.69, 9.17) is 5.73 Å². The van der Waals surface area contributed by atoms with Gasteiger partial charge in [-0.15, -0.1) is 11.3 Å². The van der Waals surface area contributed by atoms with E-state index >= 15 is 0 Å². The number of carbonyl (C=O) groups excluding carboxylic acids is 1. The average Bonchev–Trinajstić information content (AvgIpc) is 2.99. The molecule has 5 nitrogen and oxygen atoms in total. The van der Waals surface area contributed by atoms with Gasteiger partial charge in [-0.1, -0.05) is 6.92 Å². The van der Waals surface area contributed by atoms with E-state index in [-0.39, 0.29) is 11.9 Å². The molecule has 0 aliphatic rings. The van der Waals surface area contributed by atoms with Gasteiger partial charge in [0.2, 0.25) is 0 Å². The van der Waals surface area contributed by atoms with Gasteiger partial charge in [0.05, 0.1) is 17.4 Å². The summed E-state index contributed by atoms with van der Waals surface area (Å²) in [5.41, 5.74) is 8.03. The molecule has 0 saturated carbocycles. The second-order valence-electron chi connectivity index (χ2n) is 4.98. The summed E-state index contributed by atoms with van der Waals surface area (Å²) in [6, 6.07) is 5.39. The number of carbonyl (C=O) groups is 1. The second-order valence-corrected chi connectivity index (χ2v) is 5.90. The van der Waals surface area contributed by atoms with Crippen molar-refractivity contribution in [1.82, 2.24) is 9.88 Å². The fourth-order valence-corrected chi connectivity index (χ4v) is 2.78. The van der Waals surface area contributed by atoms with E-state index in [1.807, 2.05) is 5.38 Å². The smallest absolute Gasteiger partial charge is 0.253 e. The van der Waals surface area contributed by atoms with Crippen LogP contribution in [0, 0.1) is 0 Å². The topological polar surface area (TPSA) is 71.2 Å². The van der Waals surface area contributed by atoms with Crippen LogP contribution in [0.15, 0.2) is 29.8 Å². The van der Waals surface area contributed by atoms with Crippen molar-refractivity contribution < 1.29 is 4.79 Å². The van der Waals surface area contributed by atoms with Gasteiger partial charge in [0.15, 0.2) is 0 Å². The first-order valence-electron chi connectivity index (χ1n) is 6.80. The Bertz CT molecular complexity index is 610. The average molecular weight is 304 g/mol. The fraction of sp³-hybridized carbons (Fsp3) is 0.333. The molecule has 112 valence electrons. The number of nitrogens with zero attached hydrogens (tertiary/aromatic N) is 2. The molecule has 1 unspecified atom stereocenters. The van der Waals surface area contributed by atoms with E-state index in [0.717, 1.165) is 17.1 Å². The molecule has 6 heteroatoms. The van der Waals surface area contributed by atoms with Crippen molar-refractivity contribution in [2.24, 2.45) is 0 Å². The van der Waals surface area contributed by atoms with Crippen molar-refractivity contribution in [1.29, 1.82) is 0 Å². The van der Waals surface area contributed by atoms with Crippen LogP contribution in [0.25, 0.3) is 0 Å². The molecule has 1 atom stereocenters. The Labute approximate surface area is 128 Å². The van der Waals surface area contributed by atoms with E-state index in [9.17, 15) is 4.79 Å². The largest absolute Gasteiger partial charge is 0.397 e. The number of aromatic nitrogens is 1. The van der Waals surface area contributed by atoms with Gasteiger partial charge in [-0.2, -0.15) is 0 Å². The molecule has 0 bridgehead atoms. The van der Waals surface area contributed by atoms with Gasteiger partial charge in [0, 0.05) is 31.2 Å². The number of nitrogens with one attached hydrogen (secondary N) is 1. The fourth-order valence-electron chi connectivity index (χ4n) is 2.01. The summed E-state index contributed by atoms with van der Waals surface area (Å²) in [4.78, 5) is 17.9. The zero-order valence-corrected chi connectivity index (χ0v) is 13.3. The number of rotatable bonds is 5. The molecular weight excluding hydrogens is 284 g/mol. The van der Waals surface area contributed by atoms with Crippen LogP contribution in [0.3, 0.4) is 0 Å². The molecule has 1 aromatic heterocycles. The lowest BCUT2D eigenvalue weighted by molar-refractivity contribution is 0.0827. The molecule has 2 rings (SSSR count). The Morgan fingerprint density at radius 3 is 2.81 bits per heavy atom. The Hall–Kier alpha value is -2.08. The van der Waals surface area contributed by atoms with Crippen LogP contribution in [0.4, 0.5) is 11.4 Å². The maximum atomic E-state index is 12.0. The first-order valence-corrected chi connectivity index (χ1v) is 7.68. The van der Waals surface area contributed by atoms with Crippen molar-refractivity contribution in [2.75, 3.05) is 25.1 Å². The Morgan fingerprint density at radius 1 is 1.48 bits per heavy atom.